The third-order valence-corrected chi connectivity index (χ3v) is 9.41. The first-order valence-corrected chi connectivity index (χ1v) is 14.7. The summed E-state index contributed by atoms with van der Waals surface area (Å²) < 4.78 is 1.58. The number of carbonyl (C=O) groups is 4. The number of benzene rings is 2. The van der Waals surface area contributed by atoms with Gasteiger partial charge in [0.1, 0.15) is 18.6 Å². The standard InChI is InChI=1S/C32H34N6O4/c1-33-28(39)18-36-16-25(15-34-36)22-8-10-26-23(14-22)12-13-32(26)30(41)38(31(42)35-32)19-29(40)37-17-24-5-3-2-4-20(24)9-11-27(37)21-6-7-21/h2-5,8,10,14-16,21,27H,6-7,9,11-13,17-19H2,1H3,(H,33,39)(H,35,42)/t27-,32?/m0/s1. The fourth-order valence-corrected chi connectivity index (χ4v) is 6.99. The van der Waals surface area contributed by atoms with Crippen LogP contribution in [0.4, 0.5) is 4.79 Å². The summed E-state index contributed by atoms with van der Waals surface area (Å²) in [4.78, 5) is 55.7. The average molecular weight is 567 g/mol. The largest absolute Gasteiger partial charge is 0.358 e. The van der Waals surface area contributed by atoms with E-state index in [2.05, 4.69) is 27.9 Å². The van der Waals surface area contributed by atoms with Gasteiger partial charge in [0.25, 0.3) is 5.91 Å². The van der Waals surface area contributed by atoms with E-state index in [-0.39, 0.29) is 36.9 Å². The Kier molecular flexibility index (Phi) is 6.36. The van der Waals surface area contributed by atoms with Crippen molar-refractivity contribution in [3.63, 3.8) is 0 Å². The monoisotopic (exact) mass is 566 g/mol. The molecule has 3 heterocycles. The molecular weight excluding hydrogens is 532 g/mol. The molecule has 1 spiro atoms. The Morgan fingerprint density at radius 1 is 1.00 bits per heavy atom. The Bertz CT molecular complexity index is 1610. The summed E-state index contributed by atoms with van der Waals surface area (Å²) in [6.07, 6.45) is 8.65. The molecule has 0 radical (unpaired) electrons. The number of urea groups is 1. The lowest BCUT2D eigenvalue weighted by Gasteiger charge is -2.31. The lowest BCUT2D eigenvalue weighted by molar-refractivity contribution is -0.141. The molecule has 1 aromatic heterocycles. The number of hydrogen-bond acceptors (Lipinski definition) is 5. The second kappa shape index (κ2) is 10.1. The number of amides is 5. The number of aromatic nitrogens is 2. The van der Waals surface area contributed by atoms with Gasteiger partial charge in [-0.05, 0) is 72.3 Å². The highest BCUT2D eigenvalue weighted by Crippen LogP contribution is 2.43. The molecule has 10 heteroatoms. The molecule has 216 valence electrons. The van der Waals surface area contributed by atoms with Crippen LogP contribution in [-0.2, 0) is 45.9 Å². The summed E-state index contributed by atoms with van der Waals surface area (Å²) >= 11 is 0. The molecule has 4 aliphatic rings. The number of imide groups is 1. The summed E-state index contributed by atoms with van der Waals surface area (Å²) in [5, 5.41) is 9.84. The quantitative estimate of drug-likeness (QED) is 0.445. The number of aryl methyl sites for hydroxylation is 2. The molecule has 1 saturated carbocycles. The molecule has 10 nitrogen and oxygen atoms in total. The van der Waals surface area contributed by atoms with Crippen LogP contribution in [0, 0.1) is 5.92 Å². The third-order valence-electron chi connectivity index (χ3n) is 9.41. The maximum Gasteiger partial charge on any atom is 0.325 e. The first-order chi connectivity index (χ1) is 20.4. The molecule has 2 aliphatic heterocycles. The Morgan fingerprint density at radius 2 is 1.81 bits per heavy atom. The molecule has 3 aromatic rings. The number of hydrogen-bond donors (Lipinski definition) is 2. The minimum Gasteiger partial charge on any atom is -0.358 e. The smallest absolute Gasteiger partial charge is 0.325 e. The van der Waals surface area contributed by atoms with E-state index in [0.29, 0.717) is 25.3 Å². The Hall–Kier alpha value is -4.47. The highest BCUT2D eigenvalue weighted by Gasteiger charge is 2.56. The van der Waals surface area contributed by atoms with Gasteiger partial charge in [-0.2, -0.15) is 5.10 Å². The fraction of sp³-hybridized carbons (Fsp3) is 0.406. The van der Waals surface area contributed by atoms with Crippen LogP contribution in [0.2, 0.25) is 0 Å². The van der Waals surface area contributed by atoms with Crippen LogP contribution in [0.25, 0.3) is 11.1 Å². The minimum absolute atomic E-state index is 0.130. The molecule has 2 aromatic carbocycles. The lowest BCUT2D eigenvalue weighted by atomic mass is 9.90. The minimum atomic E-state index is -1.16. The van der Waals surface area contributed by atoms with Crippen LogP contribution in [-0.4, -0.2) is 63.0 Å². The van der Waals surface area contributed by atoms with Gasteiger partial charge < -0.3 is 15.5 Å². The number of nitrogens with zero attached hydrogens (tertiary/aromatic N) is 4. The SMILES string of the molecule is CNC(=O)Cn1cc(-c2ccc3c(c2)CCC32NC(=O)N(CC(=O)N3Cc4ccccc4CC[C@H]3C3CC3)C2=O)cn1. The predicted molar refractivity (Wildman–Crippen MR) is 154 cm³/mol. The summed E-state index contributed by atoms with van der Waals surface area (Å²) in [6.45, 7) is 0.386. The maximum atomic E-state index is 13.9. The Morgan fingerprint density at radius 3 is 2.60 bits per heavy atom. The van der Waals surface area contributed by atoms with Gasteiger partial charge in [0, 0.05) is 31.4 Å². The van der Waals surface area contributed by atoms with Crippen molar-refractivity contribution in [2.24, 2.45) is 5.92 Å². The van der Waals surface area contributed by atoms with Gasteiger partial charge in [0.2, 0.25) is 11.8 Å². The molecule has 2 N–H and O–H groups in total. The van der Waals surface area contributed by atoms with Crippen LogP contribution in [0.1, 0.15) is 47.9 Å². The number of nitrogens with one attached hydrogen (secondary N) is 2. The Labute approximate surface area is 244 Å². The van der Waals surface area contributed by atoms with E-state index in [1.54, 1.807) is 17.9 Å². The van der Waals surface area contributed by atoms with E-state index >= 15 is 0 Å². The van der Waals surface area contributed by atoms with Crippen LogP contribution < -0.4 is 10.6 Å². The normalized spacial score (nSPS) is 23.0. The maximum absolute atomic E-state index is 13.9. The van der Waals surface area contributed by atoms with Crippen LogP contribution in [0.15, 0.2) is 54.9 Å². The molecule has 1 saturated heterocycles. The van der Waals surface area contributed by atoms with Crippen molar-refractivity contribution in [2.75, 3.05) is 13.6 Å². The second-order valence-corrected chi connectivity index (χ2v) is 11.9. The lowest BCUT2D eigenvalue weighted by Crippen LogP contribution is -2.48. The molecule has 42 heavy (non-hydrogen) atoms. The van der Waals surface area contributed by atoms with Crippen LogP contribution in [0.5, 0.6) is 0 Å². The first-order valence-electron chi connectivity index (χ1n) is 14.7. The number of carbonyl (C=O) groups excluding carboxylic acids is 4. The van der Waals surface area contributed by atoms with Gasteiger partial charge in [-0.15, -0.1) is 0 Å². The topological polar surface area (TPSA) is 117 Å². The summed E-state index contributed by atoms with van der Waals surface area (Å²) in [5.41, 5.74) is 4.79. The van der Waals surface area contributed by atoms with Gasteiger partial charge in [-0.1, -0.05) is 42.5 Å². The zero-order chi connectivity index (χ0) is 29.0. The summed E-state index contributed by atoms with van der Waals surface area (Å²) in [7, 11) is 1.59. The van der Waals surface area contributed by atoms with Gasteiger partial charge in [-0.25, -0.2) is 4.79 Å². The molecule has 2 fully saturated rings. The van der Waals surface area contributed by atoms with Crippen molar-refractivity contribution >= 4 is 23.8 Å². The molecule has 2 aliphatic carbocycles. The van der Waals surface area contributed by atoms with E-state index in [1.165, 1.54) is 5.56 Å². The van der Waals surface area contributed by atoms with Crippen molar-refractivity contribution in [1.29, 1.82) is 0 Å². The van der Waals surface area contributed by atoms with Crippen molar-refractivity contribution in [3.8, 4) is 11.1 Å². The first kappa shape index (κ1) is 26.4. The highest BCUT2D eigenvalue weighted by atomic mass is 16.2. The number of likely N-dealkylation sites (N-methyl/N-ethyl adjacent to an activating group) is 1. The third kappa shape index (κ3) is 4.45. The van der Waals surface area contributed by atoms with Gasteiger partial charge in [-0.3, -0.25) is 24.0 Å². The molecule has 7 rings (SSSR count). The van der Waals surface area contributed by atoms with E-state index in [0.717, 1.165) is 58.4 Å². The Balaban J connectivity index is 1.10. The second-order valence-electron chi connectivity index (χ2n) is 11.9. The molecule has 0 bridgehead atoms. The van der Waals surface area contributed by atoms with Crippen molar-refractivity contribution < 1.29 is 19.2 Å². The molecule has 5 amide bonds. The summed E-state index contributed by atoms with van der Waals surface area (Å²) in [6, 6.07) is 13.7. The van der Waals surface area contributed by atoms with Crippen molar-refractivity contribution in [3.05, 3.63) is 77.1 Å². The number of fused-ring (bicyclic) bond motifs is 3. The van der Waals surface area contributed by atoms with E-state index in [9.17, 15) is 19.2 Å². The van der Waals surface area contributed by atoms with Crippen molar-refractivity contribution in [2.45, 2.75) is 63.2 Å². The van der Waals surface area contributed by atoms with Crippen LogP contribution in [0.3, 0.4) is 0 Å². The molecule has 1 unspecified atom stereocenters. The van der Waals surface area contributed by atoms with E-state index < -0.39 is 11.6 Å². The van der Waals surface area contributed by atoms with E-state index in [4.69, 9.17) is 0 Å². The molecular formula is C32H34N6O4. The number of rotatable bonds is 6. The van der Waals surface area contributed by atoms with Crippen LogP contribution >= 0.6 is 0 Å². The predicted octanol–water partition coefficient (Wildman–Crippen LogP) is 2.74. The van der Waals surface area contributed by atoms with Gasteiger partial charge in [0.05, 0.1) is 6.20 Å². The highest BCUT2D eigenvalue weighted by molar-refractivity contribution is 6.10. The zero-order valence-electron chi connectivity index (χ0n) is 23.6. The zero-order valence-corrected chi connectivity index (χ0v) is 23.6. The van der Waals surface area contributed by atoms with Crippen molar-refractivity contribution in [1.82, 2.24) is 30.2 Å². The van der Waals surface area contributed by atoms with Gasteiger partial charge >= 0.3 is 6.03 Å². The van der Waals surface area contributed by atoms with Gasteiger partial charge in [0.15, 0.2) is 0 Å². The average Bonchev–Trinajstić information content (AvgIpc) is 3.61. The van der Waals surface area contributed by atoms with E-state index in [1.807, 2.05) is 41.4 Å². The fourth-order valence-electron chi connectivity index (χ4n) is 6.99. The summed E-state index contributed by atoms with van der Waals surface area (Å²) in [5.74, 6) is -0.178. The molecule has 2 atom stereocenters.